The van der Waals surface area contributed by atoms with E-state index >= 15 is 0 Å². The molecule has 0 aliphatic carbocycles. The van der Waals surface area contributed by atoms with Crippen LogP contribution in [0.15, 0.2) is 59.5 Å². The van der Waals surface area contributed by atoms with Crippen molar-refractivity contribution in [3.8, 4) is 23.0 Å². The summed E-state index contributed by atoms with van der Waals surface area (Å²) < 4.78 is 5.96. The molecule has 0 radical (unpaired) electrons. The van der Waals surface area contributed by atoms with E-state index in [0.717, 1.165) is 5.57 Å². The summed E-state index contributed by atoms with van der Waals surface area (Å²) in [5.41, 5.74) is 0.708. The van der Waals surface area contributed by atoms with Crippen LogP contribution in [0.4, 0.5) is 0 Å². The number of ether oxygens (including phenoxy) is 1. The number of hydrogen-bond acceptors (Lipinski definition) is 4. The number of nitrogens with one attached hydrogen (secondary N) is 1. The fourth-order valence-corrected chi connectivity index (χ4v) is 3.23. The fourth-order valence-electron chi connectivity index (χ4n) is 2.89. The lowest BCUT2D eigenvalue weighted by atomic mass is 9.77. The molecule has 0 saturated heterocycles. The number of nitrogens with zero attached hydrogens (tertiary/aromatic N) is 2. The van der Waals surface area contributed by atoms with E-state index in [4.69, 9.17) is 32.9 Å². The van der Waals surface area contributed by atoms with Crippen LogP contribution < -0.4 is 10.3 Å². The van der Waals surface area contributed by atoms with Gasteiger partial charge in [0.2, 0.25) is 5.75 Å². The van der Waals surface area contributed by atoms with Crippen molar-refractivity contribution < 1.29 is 4.74 Å². The van der Waals surface area contributed by atoms with Gasteiger partial charge in [0, 0.05) is 16.6 Å². The Morgan fingerprint density at radius 2 is 1.93 bits per heavy atom. The van der Waals surface area contributed by atoms with E-state index in [1.54, 1.807) is 42.6 Å². The molecule has 3 rings (SSSR count). The molecule has 0 spiro atoms. The molecule has 0 saturated carbocycles. The first-order valence-electron chi connectivity index (χ1n) is 9.11. The Hall–Kier alpha value is -2.63. The van der Waals surface area contributed by atoms with Crippen LogP contribution in [-0.2, 0) is 5.41 Å². The second kappa shape index (κ2) is 8.39. The largest absolute Gasteiger partial charge is 0.450 e. The monoisotopic (exact) mass is 429 g/mol. The summed E-state index contributed by atoms with van der Waals surface area (Å²) in [5.74, 6) is 0.863. The average Bonchev–Trinajstić information content (AvgIpc) is 2.70. The molecule has 0 aliphatic rings. The molecule has 2 heterocycles. The van der Waals surface area contributed by atoms with Crippen molar-refractivity contribution in [2.45, 2.75) is 32.6 Å². The molecular weight excluding hydrogens is 409 g/mol. The first-order chi connectivity index (χ1) is 13.8. The van der Waals surface area contributed by atoms with E-state index in [9.17, 15) is 4.79 Å². The van der Waals surface area contributed by atoms with Gasteiger partial charge in [-0.15, -0.1) is 0 Å². The molecule has 0 aliphatic heterocycles. The first-order valence-corrected chi connectivity index (χ1v) is 9.87. The lowest BCUT2D eigenvalue weighted by molar-refractivity contribution is 0.430. The third-order valence-electron chi connectivity index (χ3n) is 5.06. The van der Waals surface area contributed by atoms with Gasteiger partial charge in [0.25, 0.3) is 5.56 Å². The third kappa shape index (κ3) is 4.21. The number of benzene rings is 1. The lowest BCUT2D eigenvalue weighted by Crippen LogP contribution is -2.28. The van der Waals surface area contributed by atoms with Crippen LogP contribution in [0.1, 0.15) is 32.9 Å². The van der Waals surface area contributed by atoms with Gasteiger partial charge in [-0.2, -0.15) is 0 Å². The summed E-state index contributed by atoms with van der Waals surface area (Å²) >= 11 is 12.2. The van der Waals surface area contributed by atoms with Crippen molar-refractivity contribution in [3.05, 3.63) is 80.8 Å². The predicted octanol–water partition coefficient (Wildman–Crippen LogP) is 6.17. The molecule has 150 valence electrons. The summed E-state index contributed by atoms with van der Waals surface area (Å²) in [6, 6.07) is 10.2. The number of rotatable bonds is 6. The smallest absolute Gasteiger partial charge is 0.294 e. The minimum atomic E-state index is -0.591. The zero-order valence-electron chi connectivity index (χ0n) is 16.4. The Bertz CT molecular complexity index is 1110. The molecule has 1 N–H and O–H groups in total. The van der Waals surface area contributed by atoms with E-state index in [0.29, 0.717) is 33.6 Å². The lowest BCUT2D eigenvalue weighted by Gasteiger charge is -2.30. The maximum atomic E-state index is 13.1. The topological polar surface area (TPSA) is 67.9 Å². The molecule has 0 amide bonds. The molecule has 1 unspecified atom stereocenters. The van der Waals surface area contributed by atoms with Crippen molar-refractivity contribution in [1.29, 1.82) is 0 Å². The van der Waals surface area contributed by atoms with Gasteiger partial charge in [-0.3, -0.25) is 9.78 Å². The van der Waals surface area contributed by atoms with Crippen LogP contribution in [0.25, 0.3) is 11.5 Å². The van der Waals surface area contributed by atoms with Gasteiger partial charge in [-0.05, 0) is 49.7 Å². The Morgan fingerprint density at radius 3 is 2.52 bits per heavy atom. The SMILES string of the molecule is C=C(C)C(C)(CC)c1nc(-c2ncccc2Cl)[nH]c(=O)c1Oc1ccc(Cl)cc1. The number of hydrogen-bond donors (Lipinski definition) is 1. The van der Waals surface area contributed by atoms with Gasteiger partial charge < -0.3 is 9.72 Å². The van der Waals surface area contributed by atoms with Gasteiger partial charge in [0.1, 0.15) is 17.1 Å². The Kier molecular flexibility index (Phi) is 6.10. The second-order valence-corrected chi connectivity index (χ2v) is 7.79. The quantitative estimate of drug-likeness (QED) is 0.475. The highest BCUT2D eigenvalue weighted by Crippen LogP contribution is 2.39. The van der Waals surface area contributed by atoms with Gasteiger partial charge in [0.05, 0.1) is 5.02 Å². The summed E-state index contributed by atoms with van der Waals surface area (Å²) in [6.07, 6.45) is 2.27. The van der Waals surface area contributed by atoms with Crippen LogP contribution in [0.5, 0.6) is 11.5 Å². The summed E-state index contributed by atoms with van der Waals surface area (Å²) in [7, 11) is 0. The highest BCUT2D eigenvalue weighted by molar-refractivity contribution is 6.32. The normalized spacial score (nSPS) is 13.0. The van der Waals surface area contributed by atoms with Crippen molar-refractivity contribution in [3.63, 3.8) is 0 Å². The molecule has 3 aromatic rings. The number of H-pyrrole nitrogens is 1. The van der Waals surface area contributed by atoms with Crippen LogP contribution in [0.3, 0.4) is 0 Å². The molecule has 0 fully saturated rings. The van der Waals surface area contributed by atoms with Crippen LogP contribution in [0, 0.1) is 0 Å². The third-order valence-corrected chi connectivity index (χ3v) is 5.62. The Morgan fingerprint density at radius 1 is 1.24 bits per heavy atom. The van der Waals surface area contributed by atoms with Crippen LogP contribution in [-0.4, -0.2) is 15.0 Å². The van der Waals surface area contributed by atoms with E-state index in [1.807, 2.05) is 20.8 Å². The van der Waals surface area contributed by atoms with Crippen LogP contribution >= 0.6 is 23.2 Å². The van der Waals surface area contributed by atoms with Crippen LogP contribution in [0.2, 0.25) is 10.0 Å². The minimum absolute atomic E-state index is 0.107. The maximum absolute atomic E-state index is 13.1. The summed E-state index contributed by atoms with van der Waals surface area (Å²) in [4.78, 5) is 24.8. The molecular formula is C22H21Cl2N3O2. The van der Waals surface area contributed by atoms with E-state index < -0.39 is 11.0 Å². The van der Waals surface area contributed by atoms with Crippen molar-refractivity contribution in [2.75, 3.05) is 0 Å². The zero-order chi connectivity index (χ0) is 21.2. The fraction of sp³-hybridized carbons (Fsp3) is 0.227. The summed E-state index contributed by atoms with van der Waals surface area (Å²) in [5, 5.41) is 0.964. The minimum Gasteiger partial charge on any atom is -0.450 e. The van der Waals surface area contributed by atoms with Crippen molar-refractivity contribution in [1.82, 2.24) is 15.0 Å². The van der Waals surface area contributed by atoms with E-state index in [2.05, 4.69) is 16.5 Å². The van der Waals surface area contributed by atoms with Gasteiger partial charge >= 0.3 is 0 Å². The zero-order valence-corrected chi connectivity index (χ0v) is 17.9. The molecule has 1 atom stereocenters. The van der Waals surface area contributed by atoms with Gasteiger partial charge in [0.15, 0.2) is 5.82 Å². The number of aromatic amines is 1. The standard InChI is InChI=1S/C22H21Cl2N3O2/c1-5-22(4,13(2)3)19-18(29-15-10-8-14(23)9-11-15)21(28)27-20(26-19)17-16(24)7-6-12-25-17/h6-12H,2,5H2,1,3-4H3,(H,26,27,28). The molecule has 5 nitrogen and oxygen atoms in total. The number of pyridine rings is 1. The Labute approximate surface area is 179 Å². The first kappa shape index (κ1) is 21.1. The molecule has 2 aromatic heterocycles. The average molecular weight is 430 g/mol. The highest BCUT2D eigenvalue weighted by atomic mass is 35.5. The van der Waals surface area contributed by atoms with E-state index in [-0.39, 0.29) is 11.6 Å². The number of allylic oxidation sites excluding steroid dienone is 1. The van der Waals surface area contributed by atoms with Crippen molar-refractivity contribution >= 4 is 23.2 Å². The second-order valence-electron chi connectivity index (χ2n) is 6.95. The number of halogens is 2. The van der Waals surface area contributed by atoms with Gasteiger partial charge in [-0.1, -0.05) is 49.2 Å². The molecule has 1 aromatic carbocycles. The molecule has 7 heteroatoms. The van der Waals surface area contributed by atoms with Crippen molar-refractivity contribution in [2.24, 2.45) is 0 Å². The molecule has 0 bridgehead atoms. The summed E-state index contributed by atoms with van der Waals surface area (Å²) in [6.45, 7) is 10.0. The number of aromatic nitrogens is 3. The molecule has 29 heavy (non-hydrogen) atoms. The maximum Gasteiger partial charge on any atom is 0.294 e. The Balaban J connectivity index is 2.24. The van der Waals surface area contributed by atoms with Gasteiger partial charge in [-0.25, -0.2) is 4.98 Å². The predicted molar refractivity (Wildman–Crippen MR) is 117 cm³/mol. The highest BCUT2D eigenvalue weighted by Gasteiger charge is 2.33. The van der Waals surface area contributed by atoms with E-state index in [1.165, 1.54) is 0 Å².